The van der Waals surface area contributed by atoms with Crippen LogP contribution in [0.2, 0.25) is 0 Å². The molecule has 0 saturated heterocycles. The average Bonchev–Trinajstić information content (AvgIpc) is 3.54. The second-order valence-electron chi connectivity index (χ2n) is 8.57. The molecule has 0 fully saturated rings. The van der Waals surface area contributed by atoms with E-state index in [0.29, 0.717) is 17.2 Å². The van der Waals surface area contributed by atoms with E-state index in [4.69, 9.17) is 13.8 Å². The number of carbonyl (C=O) groups is 2. The summed E-state index contributed by atoms with van der Waals surface area (Å²) >= 11 is 0. The summed E-state index contributed by atoms with van der Waals surface area (Å²) < 4.78 is 10.8. The van der Waals surface area contributed by atoms with Gasteiger partial charge >= 0.3 is 0 Å². The molecule has 3 heterocycles. The van der Waals surface area contributed by atoms with Crippen LogP contribution in [-0.2, 0) is 17.8 Å². The number of aromatic nitrogens is 1. The van der Waals surface area contributed by atoms with Gasteiger partial charge in [0.25, 0.3) is 5.91 Å². The third-order valence-corrected chi connectivity index (χ3v) is 5.95. The van der Waals surface area contributed by atoms with Crippen molar-refractivity contribution in [2.45, 2.75) is 26.3 Å². The van der Waals surface area contributed by atoms with E-state index in [1.165, 1.54) is 0 Å². The number of hydrogen-bond acceptors (Lipinski definition) is 5. The molecule has 0 spiro atoms. The lowest BCUT2D eigenvalue weighted by Gasteiger charge is -2.26. The predicted molar refractivity (Wildman–Crippen MR) is 129 cm³/mol. The van der Waals surface area contributed by atoms with E-state index in [1.54, 1.807) is 24.7 Å². The van der Waals surface area contributed by atoms with Crippen molar-refractivity contribution in [2.24, 2.45) is 5.92 Å². The second kappa shape index (κ2) is 9.39. The Labute approximate surface area is 196 Å². The lowest BCUT2D eigenvalue weighted by atomic mass is 9.80. The Hall–Kier alpha value is -4.13. The van der Waals surface area contributed by atoms with E-state index in [1.807, 2.05) is 42.5 Å². The largest absolute Gasteiger partial charge is 0.467 e. The van der Waals surface area contributed by atoms with Crippen molar-refractivity contribution in [1.82, 2.24) is 15.6 Å². The Morgan fingerprint density at radius 1 is 1.03 bits per heavy atom. The van der Waals surface area contributed by atoms with Crippen molar-refractivity contribution in [3.8, 4) is 0 Å². The van der Waals surface area contributed by atoms with Crippen molar-refractivity contribution in [3.05, 3.63) is 89.4 Å². The van der Waals surface area contributed by atoms with Crippen molar-refractivity contribution in [3.63, 3.8) is 0 Å². The fourth-order valence-electron chi connectivity index (χ4n) is 4.45. The number of pyridine rings is 1. The van der Waals surface area contributed by atoms with Gasteiger partial charge in [0.05, 0.1) is 42.4 Å². The van der Waals surface area contributed by atoms with Crippen LogP contribution in [0.25, 0.3) is 22.6 Å². The molecule has 1 aliphatic rings. The third kappa shape index (κ3) is 4.50. The van der Waals surface area contributed by atoms with Crippen LogP contribution in [0.5, 0.6) is 0 Å². The maximum Gasteiger partial charge on any atom is 0.252 e. The van der Waals surface area contributed by atoms with E-state index < -0.39 is 0 Å². The highest BCUT2D eigenvalue weighted by Crippen LogP contribution is 2.38. The van der Waals surface area contributed by atoms with E-state index in [9.17, 15) is 9.59 Å². The molecule has 3 aromatic heterocycles. The molecule has 0 radical (unpaired) electrons. The minimum atomic E-state index is -0.288. The van der Waals surface area contributed by atoms with Gasteiger partial charge in [0, 0.05) is 5.39 Å². The summed E-state index contributed by atoms with van der Waals surface area (Å²) in [7, 11) is 0. The van der Waals surface area contributed by atoms with E-state index in [-0.39, 0.29) is 24.9 Å². The van der Waals surface area contributed by atoms with Gasteiger partial charge in [-0.25, -0.2) is 4.98 Å². The first-order valence-corrected chi connectivity index (χ1v) is 11.3. The van der Waals surface area contributed by atoms with Gasteiger partial charge in [-0.1, -0.05) is 25.1 Å². The van der Waals surface area contributed by atoms with Crippen molar-refractivity contribution < 1.29 is 18.4 Å². The Bertz CT molecular complexity index is 1350. The Kier molecular flexibility index (Phi) is 5.99. The number of hydrogen-bond donors (Lipinski definition) is 2. The summed E-state index contributed by atoms with van der Waals surface area (Å²) in [6, 6.07) is 14.9. The SMILES string of the molecule is CC1C/C(=C/c2ccco2)c2nc3ccccc3c(C(=O)NCC(=O)NCc3ccco3)c2C1. The number of allylic oxidation sites excluding steroid dienone is 1. The number of carbonyl (C=O) groups excluding carboxylic acids is 2. The zero-order valence-corrected chi connectivity index (χ0v) is 18.8. The number of fused-ring (bicyclic) bond motifs is 2. The first-order chi connectivity index (χ1) is 16.6. The Balaban J connectivity index is 1.46. The number of nitrogens with one attached hydrogen (secondary N) is 2. The van der Waals surface area contributed by atoms with Gasteiger partial charge in [0.2, 0.25) is 5.91 Å². The summed E-state index contributed by atoms with van der Waals surface area (Å²) in [5.74, 6) is 1.17. The molecular weight excluding hydrogens is 430 g/mol. The molecule has 2 N–H and O–H groups in total. The quantitative estimate of drug-likeness (QED) is 0.443. The number of amides is 2. The summed E-state index contributed by atoms with van der Waals surface area (Å²) in [5, 5.41) is 6.33. The molecule has 1 unspecified atom stereocenters. The van der Waals surface area contributed by atoms with Crippen LogP contribution in [-0.4, -0.2) is 23.3 Å². The standard InChI is InChI=1S/C27H25N3O4/c1-17-12-18(14-19-6-4-10-33-19)26-22(13-17)25(21-8-2-3-9-23(21)30-26)27(32)29-16-24(31)28-15-20-7-5-11-34-20/h2-11,14,17H,12-13,15-16H2,1H3,(H,28,31)(H,29,32)/b18-14-. The first-order valence-electron chi connectivity index (χ1n) is 11.3. The maximum atomic E-state index is 13.4. The number of para-hydroxylation sites is 1. The molecule has 0 saturated carbocycles. The highest BCUT2D eigenvalue weighted by molar-refractivity contribution is 6.09. The maximum absolute atomic E-state index is 13.4. The van der Waals surface area contributed by atoms with Gasteiger partial charge in [-0.05, 0) is 66.3 Å². The Morgan fingerprint density at radius 3 is 2.65 bits per heavy atom. The molecule has 1 aromatic carbocycles. The fourth-order valence-corrected chi connectivity index (χ4v) is 4.45. The van der Waals surface area contributed by atoms with Gasteiger partial charge in [0.1, 0.15) is 11.5 Å². The van der Waals surface area contributed by atoms with Gasteiger partial charge in [-0.15, -0.1) is 0 Å². The van der Waals surface area contributed by atoms with Crippen molar-refractivity contribution in [1.29, 1.82) is 0 Å². The molecule has 4 aromatic rings. The third-order valence-electron chi connectivity index (χ3n) is 5.95. The topological polar surface area (TPSA) is 97.4 Å². The molecule has 0 aliphatic heterocycles. The molecule has 2 amide bonds. The summed E-state index contributed by atoms with van der Waals surface area (Å²) in [4.78, 5) is 30.7. The minimum absolute atomic E-state index is 0.129. The number of furan rings is 2. The molecule has 7 nitrogen and oxygen atoms in total. The smallest absolute Gasteiger partial charge is 0.252 e. The number of rotatable bonds is 6. The van der Waals surface area contributed by atoms with E-state index in [2.05, 4.69) is 17.6 Å². The van der Waals surface area contributed by atoms with E-state index >= 15 is 0 Å². The predicted octanol–water partition coefficient (Wildman–Crippen LogP) is 4.59. The van der Waals surface area contributed by atoms with Gasteiger partial charge in [-0.3, -0.25) is 9.59 Å². The summed E-state index contributed by atoms with van der Waals surface area (Å²) in [6.45, 7) is 2.31. The van der Waals surface area contributed by atoms with E-state index in [0.717, 1.165) is 46.3 Å². The molecule has 7 heteroatoms. The van der Waals surface area contributed by atoms with Gasteiger partial charge < -0.3 is 19.5 Å². The monoisotopic (exact) mass is 455 g/mol. The molecule has 5 rings (SSSR count). The Morgan fingerprint density at radius 2 is 1.85 bits per heavy atom. The highest BCUT2D eigenvalue weighted by Gasteiger charge is 2.28. The fraction of sp³-hybridized carbons (Fsp3) is 0.222. The van der Waals surface area contributed by atoms with Gasteiger partial charge in [0.15, 0.2) is 0 Å². The van der Waals surface area contributed by atoms with Crippen LogP contribution >= 0.6 is 0 Å². The van der Waals surface area contributed by atoms with Crippen molar-refractivity contribution in [2.75, 3.05) is 6.54 Å². The highest BCUT2D eigenvalue weighted by atomic mass is 16.3. The molecule has 1 atom stereocenters. The zero-order valence-electron chi connectivity index (χ0n) is 18.8. The molecular formula is C27H25N3O4. The number of nitrogens with zero attached hydrogens (tertiary/aromatic N) is 1. The molecule has 0 bridgehead atoms. The lowest BCUT2D eigenvalue weighted by Crippen LogP contribution is -2.37. The van der Waals surface area contributed by atoms with Crippen LogP contribution in [0.4, 0.5) is 0 Å². The lowest BCUT2D eigenvalue weighted by molar-refractivity contribution is -0.120. The summed E-state index contributed by atoms with van der Waals surface area (Å²) in [5.41, 5.74) is 4.09. The minimum Gasteiger partial charge on any atom is -0.467 e. The van der Waals surface area contributed by atoms with Crippen LogP contribution in [0.1, 0.15) is 46.5 Å². The summed E-state index contributed by atoms with van der Waals surface area (Å²) in [6.07, 6.45) is 6.77. The number of benzene rings is 1. The normalized spacial score (nSPS) is 16.4. The van der Waals surface area contributed by atoms with Crippen molar-refractivity contribution >= 4 is 34.4 Å². The van der Waals surface area contributed by atoms with Crippen LogP contribution < -0.4 is 10.6 Å². The molecule has 172 valence electrons. The van der Waals surface area contributed by atoms with Crippen LogP contribution in [0, 0.1) is 5.92 Å². The second-order valence-corrected chi connectivity index (χ2v) is 8.57. The first kappa shape index (κ1) is 21.7. The van der Waals surface area contributed by atoms with Crippen LogP contribution in [0.3, 0.4) is 0 Å². The van der Waals surface area contributed by atoms with Gasteiger partial charge in [-0.2, -0.15) is 0 Å². The zero-order chi connectivity index (χ0) is 23.5. The molecule has 1 aliphatic carbocycles. The molecule has 34 heavy (non-hydrogen) atoms. The van der Waals surface area contributed by atoms with Crippen LogP contribution in [0.15, 0.2) is 69.9 Å². The average molecular weight is 456 g/mol.